The van der Waals surface area contributed by atoms with E-state index < -0.39 is 15.3 Å². The number of rotatable bonds is 6. The second-order valence-corrected chi connectivity index (χ2v) is 6.02. The highest BCUT2D eigenvalue weighted by Gasteiger charge is 2.26. The lowest BCUT2D eigenvalue weighted by Crippen LogP contribution is -2.41. The molecule has 0 spiro atoms. The standard InChI is InChI=1S/C9H15N3O3S2/c1-3-8(9(10)16)17(13,14)11-5-7-4-6(2)12-15-7/h4,8,11H,3,5H2,1-2H3,(H2,10,16). The van der Waals surface area contributed by atoms with Crippen LogP contribution >= 0.6 is 12.2 Å². The molecule has 0 saturated heterocycles. The molecule has 1 heterocycles. The van der Waals surface area contributed by atoms with Gasteiger partial charge >= 0.3 is 0 Å². The number of hydrogen-bond acceptors (Lipinski definition) is 5. The van der Waals surface area contributed by atoms with Gasteiger partial charge in [0, 0.05) is 6.07 Å². The monoisotopic (exact) mass is 277 g/mol. The van der Waals surface area contributed by atoms with Crippen molar-refractivity contribution in [1.82, 2.24) is 9.88 Å². The fourth-order valence-electron chi connectivity index (χ4n) is 1.35. The van der Waals surface area contributed by atoms with Gasteiger partial charge < -0.3 is 10.3 Å². The van der Waals surface area contributed by atoms with Gasteiger partial charge in [0.05, 0.1) is 17.2 Å². The number of sulfonamides is 1. The molecule has 0 amide bonds. The summed E-state index contributed by atoms with van der Waals surface area (Å²) < 4.78 is 31.0. The Kier molecular flexibility index (Phi) is 4.61. The third-order valence-electron chi connectivity index (χ3n) is 2.19. The molecule has 0 saturated carbocycles. The summed E-state index contributed by atoms with van der Waals surface area (Å²) in [5, 5.41) is 2.80. The molecular weight excluding hydrogens is 262 g/mol. The topological polar surface area (TPSA) is 98.2 Å². The van der Waals surface area contributed by atoms with Gasteiger partial charge in [-0.05, 0) is 13.3 Å². The van der Waals surface area contributed by atoms with Crippen LogP contribution in [0.25, 0.3) is 0 Å². The van der Waals surface area contributed by atoms with Crippen molar-refractivity contribution in [3.63, 3.8) is 0 Å². The van der Waals surface area contributed by atoms with E-state index in [0.29, 0.717) is 17.9 Å². The molecule has 1 aromatic rings. The first-order chi connectivity index (χ1) is 7.86. The lowest BCUT2D eigenvalue weighted by Gasteiger charge is -2.14. The number of aromatic nitrogens is 1. The molecule has 0 aromatic carbocycles. The van der Waals surface area contributed by atoms with E-state index in [1.54, 1.807) is 19.9 Å². The van der Waals surface area contributed by atoms with Gasteiger partial charge in [-0.15, -0.1) is 0 Å². The van der Waals surface area contributed by atoms with Gasteiger partial charge in [-0.2, -0.15) is 0 Å². The van der Waals surface area contributed by atoms with E-state index in [1.807, 2.05) is 0 Å². The van der Waals surface area contributed by atoms with Crippen LogP contribution in [-0.4, -0.2) is 23.8 Å². The molecule has 6 nitrogen and oxygen atoms in total. The molecule has 3 N–H and O–H groups in total. The number of aryl methyl sites for hydroxylation is 1. The Morgan fingerprint density at radius 1 is 1.71 bits per heavy atom. The van der Waals surface area contributed by atoms with Crippen molar-refractivity contribution in [2.45, 2.75) is 32.1 Å². The molecule has 0 radical (unpaired) electrons. The molecule has 1 rings (SSSR count). The van der Waals surface area contributed by atoms with Gasteiger partial charge in [-0.25, -0.2) is 13.1 Å². The highest BCUT2D eigenvalue weighted by Crippen LogP contribution is 2.07. The molecule has 8 heteroatoms. The molecule has 0 fully saturated rings. The summed E-state index contributed by atoms with van der Waals surface area (Å²) >= 11 is 4.72. The van der Waals surface area contributed by atoms with Crippen LogP contribution in [0.5, 0.6) is 0 Å². The Morgan fingerprint density at radius 3 is 2.76 bits per heavy atom. The van der Waals surface area contributed by atoms with Crippen molar-refractivity contribution in [1.29, 1.82) is 0 Å². The van der Waals surface area contributed by atoms with Crippen molar-refractivity contribution in [3.05, 3.63) is 17.5 Å². The Labute approximate surface area is 106 Å². The molecule has 0 bridgehead atoms. The number of hydrogen-bond donors (Lipinski definition) is 2. The second kappa shape index (κ2) is 5.56. The first kappa shape index (κ1) is 14.1. The quantitative estimate of drug-likeness (QED) is 0.733. The lowest BCUT2D eigenvalue weighted by molar-refractivity contribution is 0.377. The SMILES string of the molecule is CCC(C(N)=S)S(=O)(=O)NCc1cc(C)no1. The van der Waals surface area contributed by atoms with E-state index in [4.69, 9.17) is 22.5 Å². The third kappa shape index (κ3) is 3.76. The van der Waals surface area contributed by atoms with E-state index >= 15 is 0 Å². The minimum atomic E-state index is -3.56. The Bertz CT molecular complexity index is 495. The van der Waals surface area contributed by atoms with E-state index in [1.165, 1.54) is 0 Å². The van der Waals surface area contributed by atoms with Crippen LogP contribution in [0.2, 0.25) is 0 Å². The summed E-state index contributed by atoms with van der Waals surface area (Å²) in [4.78, 5) is -0.0336. The first-order valence-electron chi connectivity index (χ1n) is 5.06. The molecule has 0 aliphatic carbocycles. The van der Waals surface area contributed by atoms with E-state index in [9.17, 15) is 8.42 Å². The van der Waals surface area contributed by atoms with Crippen LogP contribution in [0.1, 0.15) is 24.8 Å². The molecule has 96 valence electrons. The number of nitrogens with one attached hydrogen (secondary N) is 1. The number of nitrogens with zero attached hydrogens (tertiary/aromatic N) is 1. The highest BCUT2D eigenvalue weighted by molar-refractivity contribution is 7.93. The largest absolute Gasteiger partial charge is 0.392 e. The molecular formula is C9H15N3O3S2. The van der Waals surface area contributed by atoms with Gasteiger partial charge in [-0.3, -0.25) is 0 Å². The van der Waals surface area contributed by atoms with E-state index in [-0.39, 0.29) is 11.5 Å². The molecule has 1 atom stereocenters. The molecule has 0 aliphatic rings. The summed E-state index contributed by atoms with van der Waals surface area (Å²) in [6, 6.07) is 1.66. The summed E-state index contributed by atoms with van der Waals surface area (Å²) in [5.41, 5.74) is 6.08. The zero-order valence-electron chi connectivity index (χ0n) is 9.63. The maximum atomic E-state index is 11.8. The maximum absolute atomic E-state index is 11.8. The first-order valence-corrected chi connectivity index (χ1v) is 7.02. The van der Waals surface area contributed by atoms with Crippen molar-refractivity contribution >= 4 is 27.2 Å². The van der Waals surface area contributed by atoms with Crippen LogP contribution in [-0.2, 0) is 16.6 Å². The number of nitrogens with two attached hydrogens (primary N) is 1. The van der Waals surface area contributed by atoms with Crippen molar-refractivity contribution in [2.75, 3.05) is 0 Å². The fourth-order valence-corrected chi connectivity index (χ4v) is 3.18. The molecule has 17 heavy (non-hydrogen) atoms. The predicted molar refractivity (Wildman–Crippen MR) is 67.9 cm³/mol. The Hall–Kier alpha value is -0.990. The second-order valence-electron chi connectivity index (χ2n) is 3.60. The Morgan fingerprint density at radius 2 is 2.35 bits per heavy atom. The third-order valence-corrected chi connectivity index (χ3v) is 4.50. The summed E-state index contributed by atoms with van der Waals surface area (Å²) in [5.74, 6) is 0.448. The van der Waals surface area contributed by atoms with Crippen LogP contribution in [0.4, 0.5) is 0 Å². The van der Waals surface area contributed by atoms with Crippen LogP contribution < -0.4 is 10.5 Å². The number of thiocarbonyl (C=S) groups is 1. The lowest BCUT2D eigenvalue weighted by atomic mass is 10.3. The van der Waals surface area contributed by atoms with E-state index in [2.05, 4.69) is 9.88 Å². The van der Waals surface area contributed by atoms with Crippen LogP contribution in [0, 0.1) is 6.92 Å². The molecule has 1 unspecified atom stereocenters. The van der Waals surface area contributed by atoms with Crippen molar-refractivity contribution in [2.24, 2.45) is 5.73 Å². The molecule has 0 aliphatic heterocycles. The summed E-state index contributed by atoms with van der Waals surface area (Å²) in [6.07, 6.45) is 0.333. The zero-order valence-corrected chi connectivity index (χ0v) is 11.3. The predicted octanol–water partition coefficient (Wildman–Crippen LogP) is 0.467. The summed E-state index contributed by atoms with van der Waals surface area (Å²) in [7, 11) is -3.56. The van der Waals surface area contributed by atoms with Gasteiger partial charge in [0.1, 0.15) is 5.25 Å². The average Bonchev–Trinajstić information content (AvgIpc) is 2.61. The fraction of sp³-hybridized carbons (Fsp3) is 0.556. The van der Waals surface area contributed by atoms with Crippen LogP contribution in [0.15, 0.2) is 10.6 Å². The summed E-state index contributed by atoms with van der Waals surface area (Å²) in [6.45, 7) is 3.51. The maximum Gasteiger partial charge on any atom is 0.221 e. The van der Waals surface area contributed by atoms with E-state index in [0.717, 1.165) is 0 Å². The molecule has 1 aromatic heterocycles. The average molecular weight is 277 g/mol. The zero-order chi connectivity index (χ0) is 13.1. The van der Waals surface area contributed by atoms with Crippen LogP contribution in [0.3, 0.4) is 0 Å². The normalized spacial score (nSPS) is 13.5. The van der Waals surface area contributed by atoms with Crippen molar-refractivity contribution < 1.29 is 12.9 Å². The van der Waals surface area contributed by atoms with Gasteiger partial charge in [-0.1, -0.05) is 24.3 Å². The van der Waals surface area contributed by atoms with Gasteiger partial charge in [0.15, 0.2) is 5.76 Å². The van der Waals surface area contributed by atoms with Crippen molar-refractivity contribution in [3.8, 4) is 0 Å². The smallest absolute Gasteiger partial charge is 0.221 e. The minimum Gasteiger partial charge on any atom is -0.392 e. The van der Waals surface area contributed by atoms with Gasteiger partial charge in [0.2, 0.25) is 10.0 Å². The minimum absolute atomic E-state index is 0.0336. The Balaban J connectivity index is 2.70. The van der Waals surface area contributed by atoms with Gasteiger partial charge in [0.25, 0.3) is 0 Å². The highest BCUT2D eigenvalue weighted by atomic mass is 32.2.